The van der Waals surface area contributed by atoms with E-state index in [2.05, 4.69) is 0 Å². The Morgan fingerprint density at radius 1 is 1.09 bits per heavy atom. The monoisotopic (exact) mass is 478 g/mol. The van der Waals surface area contributed by atoms with Crippen LogP contribution in [0.25, 0.3) is 11.0 Å². The minimum absolute atomic E-state index is 0.0496. The lowest BCUT2D eigenvalue weighted by molar-refractivity contribution is -0.928. The van der Waals surface area contributed by atoms with Crippen molar-refractivity contribution in [1.29, 1.82) is 0 Å². The zero-order valence-corrected chi connectivity index (χ0v) is 19.4. The third-order valence-corrected chi connectivity index (χ3v) is 5.81. The van der Waals surface area contributed by atoms with Gasteiger partial charge in [-0.05, 0) is 63.1 Å². The van der Waals surface area contributed by atoms with Gasteiger partial charge in [-0.25, -0.2) is 0 Å². The minimum atomic E-state index is -4.99. The van der Waals surface area contributed by atoms with Crippen LogP contribution in [-0.4, -0.2) is 30.4 Å². The van der Waals surface area contributed by atoms with E-state index in [1.54, 1.807) is 26.0 Å². The number of aryl methyl sites for hydroxylation is 2. The summed E-state index contributed by atoms with van der Waals surface area (Å²) in [7, 11) is 0. The molecule has 0 saturated carbocycles. The molecular formula is C25H27F3NO5+. The molecule has 4 rings (SSSR count). The number of halogens is 3. The van der Waals surface area contributed by atoms with Crippen molar-refractivity contribution in [2.24, 2.45) is 0 Å². The van der Waals surface area contributed by atoms with E-state index in [1.165, 1.54) is 12.1 Å². The van der Waals surface area contributed by atoms with Crippen molar-refractivity contribution in [3.63, 3.8) is 0 Å². The molecule has 0 aliphatic carbocycles. The second-order valence-corrected chi connectivity index (χ2v) is 9.04. The highest BCUT2D eigenvalue weighted by atomic mass is 19.4. The summed E-state index contributed by atoms with van der Waals surface area (Å²) in [5, 5.41) is 10.4. The van der Waals surface area contributed by atoms with Gasteiger partial charge in [-0.15, -0.1) is 0 Å². The largest absolute Gasteiger partial charge is 0.507 e. The van der Waals surface area contributed by atoms with Crippen molar-refractivity contribution in [3.8, 4) is 17.2 Å². The Labute approximate surface area is 194 Å². The van der Waals surface area contributed by atoms with Gasteiger partial charge in [-0.1, -0.05) is 6.07 Å². The molecule has 9 heteroatoms. The third kappa shape index (κ3) is 4.90. The molecule has 1 aromatic heterocycles. The number of fused-ring (bicyclic) bond motifs is 1. The Morgan fingerprint density at radius 2 is 1.71 bits per heavy atom. The fourth-order valence-corrected chi connectivity index (χ4v) is 4.63. The molecule has 2 atom stereocenters. The van der Waals surface area contributed by atoms with E-state index < -0.39 is 23.1 Å². The van der Waals surface area contributed by atoms with Gasteiger partial charge >= 0.3 is 6.18 Å². The molecule has 2 N–H and O–H groups in total. The molecule has 0 amide bonds. The standard InChI is InChI=1S/C25H26F3NO5/c1-13-7-14(2)9-17(8-13)33-23-21(31)18-5-6-20(30)19(22(18)34-24(23)25(26,27)28)12-29-10-15(3)32-16(4)11-29/h5-9,15-16,30H,10-12H2,1-4H3/p+1/t15-,16-/m0/s1. The molecule has 2 heterocycles. The summed E-state index contributed by atoms with van der Waals surface area (Å²) in [6.07, 6.45) is -5.09. The van der Waals surface area contributed by atoms with Crippen molar-refractivity contribution in [1.82, 2.24) is 0 Å². The van der Waals surface area contributed by atoms with Gasteiger partial charge in [-0.2, -0.15) is 13.2 Å². The molecule has 3 aromatic rings. The molecule has 0 radical (unpaired) electrons. The molecule has 0 bridgehead atoms. The third-order valence-electron chi connectivity index (χ3n) is 5.81. The number of hydrogen-bond acceptors (Lipinski definition) is 5. The Balaban J connectivity index is 1.86. The van der Waals surface area contributed by atoms with Crippen LogP contribution in [0.5, 0.6) is 17.2 Å². The van der Waals surface area contributed by atoms with Gasteiger partial charge in [-0.3, -0.25) is 4.79 Å². The van der Waals surface area contributed by atoms with Crippen LogP contribution in [0, 0.1) is 13.8 Å². The average molecular weight is 478 g/mol. The summed E-state index contributed by atoms with van der Waals surface area (Å²) in [4.78, 5) is 14.2. The van der Waals surface area contributed by atoms with Gasteiger partial charge in [0, 0.05) is 0 Å². The average Bonchev–Trinajstić information content (AvgIpc) is 2.69. The van der Waals surface area contributed by atoms with Gasteiger partial charge < -0.3 is 23.9 Å². The van der Waals surface area contributed by atoms with Crippen LogP contribution in [0.2, 0.25) is 0 Å². The summed E-state index contributed by atoms with van der Waals surface area (Å²) in [5.41, 5.74) is 0.460. The van der Waals surface area contributed by atoms with Crippen molar-refractivity contribution < 1.29 is 37.1 Å². The van der Waals surface area contributed by atoms with Gasteiger partial charge in [0.05, 0.1) is 10.9 Å². The topological polar surface area (TPSA) is 73.3 Å². The first kappa shape index (κ1) is 24.1. The maximum absolute atomic E-state index is 14.0. The summed E-state index contributed by atoms with van der Waals surface area (Å²) in [6.45, 7) is 8.76. The molecule has 1 aliphatic heterocycles. The Morgan fingerprint density at radius 3 is 2.29 bits per heavy atom. The van der Waals surface area contributed by atoms with Gasteiger partial charge in [0.15, 0.2) is 5.58 Å². The van der Waals surface area contributed by atoms with Crippen molar-refractivity contribution in [3.05, 3.63) is 63.0 Å². The second kappa shape index (κ2) is 8.96. The van der Waals surface area contributed by atoms with Crippen molar-refractivity contribution in [2.45, 2.75) is 52.6 Å². The van der Waals surface area contributed by atoms with Crippen molar-refractivity contribution in [2.75, 3.05) is 13.1 Å². The van der Waals surface area contributed by atoms with Crippen LogP contribution in [0.4, 0.5) is 13.2 Å². The first-order chi connectivity index (χ1) is 15.9. The smallest absolute Gasteiger partial charge is 0.453 e. The van der Waals surface area contributed by atoms with Crippen LogP contribution in [-0.2, 0) is 17.5 Å². The number of aromatic hydroxyl groups is 1. The maximum atomic E-state index is 14.0. The number of nitrogens with one attached hydrogen (secondary N) is 1. The first-order valence-corrected chi connectivity index (χ1v) is 11.1. The number of ether oxygens (including phenoxy) is 2. The van der Waals surface area contributed by atoms with Crippen molar-refractivity contribution >= 4 is 11.0 Å². The molecule has 2 aromatic carbocycles. The van der Waals surface area contributed by atoms with Crippen LogP contribution < -0.4 is 15.1 Å². The molecule has 6 nitrogen and oxygen atoms in total. The zero-order chi connectivity index (χ0) is 24.8. The number of rotatable bonds is 4. The second-order valence-electron chi connectivity index (χ2n) is 9.04. The molecular weight excluding hydrogens is 451 g/mol. The number of phenolic OH excluding ortho intramolecular Hbond substituents is 1. The van der Waals surface area contributed by atoms with E-state index in [0.29, 0.717) is 13.1 Å². The lowest BCUT2D eigenvalue weighted by Crippen LogP contribution is -3.14. The predicted molar refractivity (Wildman–Crippen MR) is 120 cm³/mol. The summed E-state index contributed by atoms with van der Waals surface area (Å²) < 4.78 is 58.6. The van der Waals surface area contributed by atoms with Crippen LogP contribution in [0.3, 0.4) is 0 Å². The maximum Gasteiger partial charge on any atom is 0.453 e. The highest BCUT2D eigenvalue weighted by Crippen LogP contribution is 2.40. The van der Waals surface area contributed by atoms with Gasteiger partial charge in [0.2, 0.25) is 11.2 Å². The number of benzene rings is 2. The molecule has 1 aliphatic rings. The SMILES string of the molecule is Cc1cc(C)cc(Oc2c(C(F)(F)F)oc3c(C[NH+]4C[C@H](C)O[C@@H](C)C4)c(O)ccc3c2=O)c1. The van der Waals surface area contributed by atoms with E-state index >= 15 is 0 Å². The molecule has 182 valence electrons. The van der Waals surface area contributed by atoms with Crippen LogP contribution in [0.15, 0.2) is 39.5 Å². The zero-order valence-electron chi connectivity index (χ0n) is 19.4. The molecule has 1 saturated heterocycles. The van der Waals surface area contributed by atoms with E-state index in [-0.39, 0.29) is 46.8 Å². The Hall–Kier alpha value is -3.04. The predicted octanol–water partition coefficient (Wildman–Crippen LogP) is 4.12. The van der Waals surface area contributed by atoms with Crippen LogP contribution >= 0.6 is 0 Å². The number of phenols is 1. The summed E-state index contributed by atoms with van der Waals surface area (Å²) >= 11 is 0. The van der Waals surface area contributed by atoms with E-state index in [1.807, 2.05) is 19.9 Å². The number of morpholine rings is 1. The fraction of sp³-hybridized carbons (Fsp3) is 0.400. The fourth-order valence-electron chi connectivity index (χ4n) is 4.63. The summed E-state index contributed by atoms with van der Waals surface area (Å²) in [6, 6.07) is 7.49. The Bertz CT molecular complexity index is 1250. The molecule has 1 fully saturated rings. The van der Waals surface area contributed by atoms with Crippen LogP contribution in [0.1, 0.15) is 36.3 Å². The minimum Gasteiger partial charge on any atom is -0.507 e. The van der Waals surface area contributed by atoms with E-state index in [4.69, 9.17) is 13.9 Å². The lowest BCUT2D eigenvalue weighted by atomic mass is 10.1. The number of hydrogen-bond donors (Lipinski definition) is 2. The van der Waals surface area contributed by atoms with E-state index in [0.717, 1.165) is 16.0 Å². The van der Waals surface area contributed by atoms with Gasteiger partial charge in [0.1, 0.15) is 43.3 Å². The highest BCUT2D eigenvalue weighted by Gasteiger charge is 2.41. The number of quaternary nitrogens is 1. The quantitative estimate of drug-likeness (QED) is 0.590. The van der Waals surface area contributed by atoms with Gasteiger partial charge in [0.25, 0.3) is 5.76 Å². The number of alkyl halides is 3. The normalized spacial score (nSPS) is 21.1. The molecule has 34 heavy (non-hydrogen) atoms. The Kier molecular flexibility index (Phi) is 6.35. The first-order valence-electron chi connectivity index (χ1n) is 11.1. The molecule has 0 spiro atoms. The highest BCUT2D eigenvalue weighted by molar-refractivity contribution is 5.83. The van der Waals surface area contributed by atoms with E-state index in [9.17, 15) is 23.1 Å². The molecule has 0 unspecified atom stereocenters. The summed E-state index contributed by atoms with van der Waals surface area (Å²) in [5.74, 6) is -2.59. The lowest BCUT2D eigenvalue weighted by Gasteiger charge is -2.32.